The largest absolute Gasteiger partial charge is 0.494 e. The summed E-state index contributed by atoms with van der Waals surface area (Å²) in [6, 6.07) is 11.4. The number of rotatable bonds is 10. The molecule has 1 unspecified atom stereocenters. The van der Waals surface area contributed by atoms with Gasteiger partial charge in [0.1, 0.15) is 12.3 Å². The molecule has 2 rings (SSSR count). The number of hydrogen-bond acceptors (Lipinski definition) is 5. The fourth-order valence-corrected chi connectivity index (χ4v) is 2.77. The lowest BCUT2D eigenvalue weighted by molar-refractivity contribution is -0.152. The number of carbonyl (C=O) groups excluding carboxylic acids is 3. The Morgan fingerprint density at radius 2 is 1.77 bits per heavy atom. The third-order valence-electron chi connectivity index (χ3n) is 4.16. The van der Waals surface area contributed by atoms with Crippen molar-refractivity contribution in [3.8, 4) is 5.75 Å². The molecule has 9 heteroatoms. The average molecular weight is 467 g/mol. The number of halogens is 2. The van der Waals surface area contributed by atoms with Crippen molar-refractivity contribution in [2.45, 2.75) is 32.8 Å². The normalized spacial score (nSPS) is 11.4. The van der Waals surface area contributed by atoms with Crippen LogP contribution in [-0.4, -0.2) is 37.0 Å². The number of amides is 2. The minimum Gasteiger partial charge on any atom is -0.494 e. The topological polar surface area (TPSA) is 93.7 Å². The van der Waals surface area contributed by atoms with Crippen LogP contribution in [0.1, 0.15) is 37.0 Å². The molecule has 0 radical (unpaired) electrons. The lowest BCUT2D eigenvalue weighted by atomic mass is 10.2. The van der Waals surface area contributed by atoms with Gasteiger partial charge in [-0.3, -0.25) is 14.4 Å². The predicted molar refractivity (Wildman–Crippen MR) is 120 cm³/mol. The summed E-state index contributed by atoms with van der Waals surface area (Å²) >= 11 is 11.9. The van der Waals surface area contributed by atoms with E-state index in [0.717, 1.165) is 12.8 Å². The molecule has 7 nitrogen and oxygen atoms in total. The Labute approximate surface area is 191 Å². The molecule has 0 heterocycles. The average Bonchev–Trinajstić information content (AvgIpc) is 2.75. The van der Waals surface area contributed by atoms with Gasteiger partial charge in [-0.25, -0.2) is 0 Å². The molecule has 2 aromatic rings. The molecule has 2 aromatic carbocycles. The van der Waals surface area contributed by atoms with E-state index < -0.39 is 23.9 Å². The van der Waals surface area contributed by atoms with E-state index in [0.29, 0.717) is 23.6 Å². The van der Waals surface area contributed by atoms with Crippen LogP contribution < -0.4 is 15.4 Å². The van der Waals surface area contributed by atoms with Crippen molar-refractivity contribution < 1.29 is 23.9 Å². The minimum absolute atomic E-state index is 0.185. The molecule has 1 atom stereocenters. The molecule has 31 heavy (non-hydrogen) atoms. The monoisotopic (exact) mass is 466 g/mol. The van der Waals surface area contributed by atoms with Gasteiger partial charge in [-0.2, -0.15) is 0 Å². The van der Waals surface area contributed by atoms with Gasteiger partial charge in [0.05, 0.1) is 22.3 Å². The van der Waals surface area contributed by atoms with E-state index >= 15 is 0 Å². The molecule has 0 aliphatic carbocycles. The van der Waals surface area contributed by atoms with Crippen LogP contribution in [0.2, 0.25) is 10.0 Å². The van der Waals surface area contributed by atoms with E-state index in [9.17, 15) is 14.4 Å². The van der Waals surface area contributed by atoms with E-state index in [4.69, 9.17) is 32.7 Å². The van der Waals surface area contributed by atoms with Crippen molar-refractivity contribution in [1.29, 1.82) is 0 Å². The number of benzene rings is 2. The molecule has 0 saturated carbocycles. The van der Waals surface area contributed by atoms with Crippen LogP contribution in [0.3, 0.4) is 0 Å². The molecule has 2 amide bonds. The van der Waals surface area contributed by atoms with Crippen molar-refractivity contribution in [2.24, 2.45) is 0 Å². The van der Waals surface area contributed by atoms with Gasteiger partial charge in [0.15, 0.2) is 6.10 Å². The number of esters is 1. The van der Waals surface area contributed by atoms with Gasteiger partial charge in [-0.15, -0.1) is 0 Å². The summed E-state index contributed by atoms with van der Waals surface area (Å²) in [6.45, 7) is 3.71. The van der Waals surface area contributed by atoms with Crippen LogP contribution in [-0.2, 0) is 14.3 Å². The highest BCUT2D eigenvalue weighted by molar-refractivity contribution is 6.44. The molecule has 0 aliphatic rings. The maximum atomic E-state index is 12.2. The number of unbranched alkanes of at least 4 members (excludes halogenated alkanes) is 1. The standard InChI is InChI=1S/C22H24Cl2N2O5/c1-3-4-12-30-16-10-8-15(9-11-16)22(29)25-13-19(27)31-14(2)21(28)26-18-7-5-6-17(23)20(18)24/h5-11,14H,3-4,12-13H2,1-2H3,(H,25,29)(H,26,28). The van der Waals surface area contributed by atoms with E-state index in [1.165, 1.54) is 6.92 Å². The molecular formula is C22H24Cl2N2O5. The highest BCUT2D eigenvalue weighted by atomic mass is 35.5. The summed E-state index contributed by atoms with van der Waals surface area (Å²) in [6.07, 6.45) is 0.886. The number of nitrogens with one attached hydrogen (secondary N) is 2. The second kappa shape index (κ2) is 12.2. The van der Waals surface area contributed by atoms with E-state index in [1.807, 2.05) is 0 Å². The Morgan fingerprint density at radius 1 is 1.06 bits per heavy atom. The van der Waals surface area contributed by atoms with Gasteiger partial charge in [-0.05, 0) is 49.7 Å². The third kappa shape index (κ3) is 7.77. The molecule has 0 bridgehead atoms. The summed E-state index contributed by atoms with van der Waals surface area (Å²) in [5.41, 5.74) is 0.675. The summed E-state index contributed by atoms with van der Waals surface area (Å²) in [4.78, 5) is 36.4. The van der Waals surface area contributed by atoms with Crippen LogP contribution in [0.4, 0.5) is 5.69 Å². The van der Waals surface area contributed by atoms with E-state index in [2.05, 4.69) is 17.6 Å². The Bertz CT molecular complexity index is 919. The van der Waals surface area contributed by atoms with Crippen molar-refractivity contribution in [2.75, 3.05) is 18.5 Å². The lowest BCUT2D eigenvalue weighted by Gasteiger charge is -2.15. The SMILES string of the molecule is CCCCOc1ccc(C(=O)NCC(=O)OC(C)C(=O)Nc2cccc(Cl)c2Cl)cc1. The number of hydrogen-bond donors (Lipinski definition) is 2. The lowest BCUT2D eigenvalue weighted by Crippen LogP contribution is -2.35. The second-order valence-corrected chi connectivity index (χ2v) is 7.42. The van der Waals surface area contributed by atoms with E-state index in [1.54, 1.807) is 42.5 Å². The molecule has 0 aliphatic heterocycles. The van der Waals surface area contributed by atoms with Crippen molar-refractivity contribution >= 4 is 46.7 Å². The molecule has 166 valence electrons. The Balaban J connectivity index is 1.79. The first kappa shape index (κ1) is 24.5. The smallest absolute Gasteiger partial charge is 0.326 e. The summed E-state index contributed by atoms with van der Waals surface area (Å²) in [7, 11) is 0. The van der Waals surface area contributed by atoms with Gasteiger partial charge < -0.3 is 20.1 Å². The van der Waals surface area contributed by atoms with Crippen molar-refractivity contribution in [1.82, 2.24) is 5.32 Å². The molecule has 0 fully saturated rings. The minimum atomic E-state index is -1.10. The van der Waals surface area contributed by atoms with Crippen LogP contribution in [0.15, 0.2) is 42.5 Å². The van der Waals surface area contributed by atoms with Crippen LogP contribution >= 0.6 is 23.2 Å². The van der Waals surface area contributed by atoms with Crippen molar-refractivity contribution in [3.05, 3.63) is 58.1 Å². The van der Waals surface area contributed by atoms with Crippen LogP contribution in [0, 0.1) is 0 Å². The molecule has 0 aromatic heterocycles. The maximum absolute atomic E-state index is 12.2. The third-order valence-corrected chi connectivity index (χ3v) is 4.98. The highest BCUT2D eigenvalue weighted by Crippen LogP contribution is 2.29. The van der Waals surface area contributed by atoms with Gasteiger partial charge in [0.2, 0.25) is 0 Å². The number of ether oxygens (including phenoxy) is 2. The molecule has 0 saturated heterocycles. The fourth-order valence-electron chi connectivity index (χ4n) is 2.42. The summed E-state index contributed by atoms with van der Waals surface area (Å²) < 4.78 is 10.6. The van der Waals surface area contributed by atoms with Gasteiger partial charge in [0, 0.05) is 5.56 Å². The first-order valence-corrected chi connectivity index (χ1v) is 10.5. The maximum Gasteiger partial charge on any atom is 0.326 e. The summed E-state index contributed by atoms with van der Waals surface area (Å²) in [5, 5.41) is 5.46. The molecular weight excluding hydrogens is 443 g/mol. The highest BCUT2D eigenvalue weighted by Gasteiger charge is 2.20. The Kier molecular flexibility index (Phi) is 9.62. The molecule has 2 N–H and O–H groups in total. The zero-order valence-corrected chi connectivity index (χ0v) is 18.8. The van der Waals surface area contributed by atoms with Gasteiger partial charge >= 0.3 is 5.97 Å². The number of carbonyl (C=O) groups is 3. The van der Waals surface area contributed by atoms with Crippen LogP contribution in [0.25, 0.3) is 0 Å². The fraction of sp³-hybridized carbons (Fsp3) is 0.318. The van der Waals surface area contributed by atoms with Gasteiger partial charge in [-0.1, -0.05) is 42.6 Å². The quantitative estimate of drug-likeness (QED) is 0.397. The first-order valence-electron chi connectivity index (χ1n) is 9.77. The van der Waals surface area contributed by atoms with Gasteiger partial charge in [0.25, 0.3) is 11.8 Å². The zero-order valence-electron chi connectivity index (χ0n) is 17.2. The zero-order chi connectivity index (χ0) is 22.8. The van der Waals surface area contributed by atoms with Crippen molar-refractivity contribution in [3.63, 3.8) is 0 Å². The predicted octanol–water partition coefficient (Wildman–Crippen LogP) is 4.47. The Morgan fingerprint density at radius 3 is 2.45 bits per heavy atom. The summed E-state index contributed by atoms with van der Waals surface area (Å²) in [5.74, 6) is -1.11. The number of anilines is 1. The molecule has 0 spiro atoms. The first-order chi connectivity index (χ1) is 14.8. The van der Waals surface area contributed by atoms with Crippen LogP contribution in [0.5, 0.6) is 5.75 Å². The van der Waals surface area contributed by atoms with E-state index in [-0.39, 0.29) is 16.6 Å². The Hall–Kier alpha value is -2.77. The second-order valence-electron chi connectivity index (χ2n) is 6.63.